The number of rotatable bonds is 8. The van der Waals surface area contributed by atoms with Crippen LogP contribution in [-0.4, -0.2) is 29.9 Å². The van der Waals surface area contributed by atoms with Gasteiger partial charge in [0, 0.05) is 15.6 Å². The van der Waals surface area contributed by atoms with Crippen molar-refractivity contribution >= 4 is 51.4 Å². The van der Waals surface area contributed by atoms with Crippen LogP contribution in [0.15, 0.2) is 116 Å². The molecule has 4 aromatic carbocycles. The van der Waals surface area contributed by atoms with Crippen molar-refractivity contribution in [3.05, 3.63) is 118 Å². The number of nitrogens with one attached hydrogen (secondary N) is 2. The SMILES string of the molecule is O=C(N/N=C/c1cc(N=Nc2cccc(Br)c2)ccc1O)/C(=C/c1ccc2c(c1)OCO2)NC(=O)c1ccccc1. The zero-order valence-electron chi connectivity index (χ0n) is 21.3. The number of halogens is 1. The molecule has 2 amide bonds. The number of benzene rings is 4. The van der Waals surface area contributed by atoms with Gasteiger partial charge in [0.15, 0.2) is 11.5 Å². The summed E-state index contributed by atoms with van der Waals surface area (Å²) in [6.07, 6.45) is 2.76. The molecular weight excluding hydrogens is 590 g/mol. The Morgan fingerprint density at radius 2 is 1.63 bits per heavy atom. The number of phenols is 1. The lowest BCUT2D eigenvalue weighted by Gasteiger charge is -2.09. The Balaban J connectivity index is 1.33. The number of hydrogen-bond donors (Lipinski definition) is 3. The summed E-state index contributed by atoms with van der Waals surface area (Å²) in [5, 5.41) is 25.3. The fraction of sp³-hybridized carbons (Fsp3) is 0.0333. The smallest absolute Gasteiger partial charge is 0.287 e. The van der Waals surface area contributed by atoms with E-state index in [0.29, 0.717) is 39.6 Å². The van der Waals surface area contributed by atoms with Crippen LogP contribution in [-0.2, 0) is 4.79 Å². The van der Waals surface area contributed by atoms with Crippen LogP contribution < -0.4 is 20.2 Å². The van der Waals surface area contributed by atoms with Crippen LogP contribution in [0.5, 0.6) is 17.2 Å². The zero-order chi connectivity index (χ0) is 28.6. The van der Waals surface area contributed by atoms with Crippen LogP contribution in [0.1, 0.15) is 21.5 Å². The van der Waals surface area contributed by atoms with Crippen molar-refractivity contribution in [2.75, 3.05) is 6.79 Å². The Hall–Kier alpha value is -5.29. The van der Waals surface area contributed by atoms with E-state index in [0.717, 1.165) is 4.47 Å². The first kappa shape index (κ1) is 27.3. The Bertz CT molecular complexity index is 1690. The number of ether oxygens (including phenoxy) is 2. The molecule has 0 radical (unpaired) electrons. The van der Waals surface area contributed by atoms with Crippen molar-refractivity contribution in [2.24, 2.45) is 15.3 Å². The van der Waals surface area contributed by atoms with Crippen LogP contribution >= 0.6 is 15.9 Å². The van der Waals surface area contributed by atoms with Crippen molar-refractivity contribution in [1.29, 1.82) is 0 Å². The third-order valence-electron chi connectivity index (χ3n) is 5.71. The average molecular weight is 612 g/mol. The fourth-order valence-corrected chi connectivity index (χ4v) is 4.08. The first-order valence-electron chi connectivity index (χ1n) is 12.3. The summed E-state index contributed by atoms with van der Waals surface area (Å²) in [5.41, 5.74) is 4.71. The molecule has 0 aliphatic carbocycles. The standard InChI is InChI=1S/C30H22BrN5O5/c31-22-7-4-8-23(16-22)34-35-24-10-11-26(37)21(15-24)17-32-36-30(39)25(33-29(38)20-5-2-1-3-6-20)13-19-9-12-27-28(14-19)41-18-40-27/h1-17,37H,18H2,(H,33,38)(H,36,39)/b25-13-,32-17+,35-34?. The second kappa shape index (κ2) is 12.7. The van der Waals surface area contributed by atoms with E-state index in [2.05, 4.69) is 42.0 Å². The topological polar surface area (TPSA) is 134 Å². The van der Waals surface area contributed by atoms with Crippen molar-refractivity contribution in [2.45, 2.75) is 0 Å². The lowest BCUT2D eigenvalue weighted by atomic mass is 10.1. The molecule has 0 saturated carbocycles. The normalized spacial score (nSPS) is 12.6. The molecule has 1 aliphatic heterocycles. The summed E-state index contributed by atoms with van der Waals surface area (Å²) in [6.45, 7) is 0.106. The first-order valence-corrected chi connectivity index (χ1v) is 13.1. The molecule has 3 N–H and O–H groups in total. The van der Waals surface area contributed by atoms with Crippen LogP contribution in [0, 0.1) is 0 Å². The van der Waals surface area contributed by atoms with Gasteiger partial charge in [-0.15, -0.1) is 0 Å². The number of amides is 2. The molecule has 4 aromatic rings. The monoisotopic (exact) mass is 611 g/mol. The summed E-state index contributed by atoms with van der Waals surface area (Å²) in [5.74, 6) is -0.119. The molecule has 10 nitrogen and oxygen atoms in total. The Morgan fingerprint density at radius 1 is 0.854 bits per heavy atom. The Kier molecular flexibility index (Phi) is 8.46. The molecule has 1 aliphatic rings. The number of fused-ring (bicyclic) bond motifs is 1. The van der Waals surface area contributed by atoms with E-state index in [-0.39, 0.29) is 18.2 Å². The minimum atomic E-state index is -0.687. The number of carbonyl (C=O) groups excluding carboxylic acids is 2. The number of carbonyl (C=O) groups is 2. The Labute approximate surface area is 243 Å². The molecule has 5 rings (SSSR count). The zero-order valence-corrected chi connectivity index (χ0v) is 22.9. The van der Waals surface area contributed by atoms with Crippen molar-refractivity contribution in [3.8, 4) is 17.2 Å². The second-order valence-electron chi connectivity index (χ2n) is 8.61. The van der Waals surface area contributed by atoms with E-state index >= 15 is 0 Å². The van der Waals surface area contributed by atoms with E-state index < -0.39 is 11.8 Å². The van der Waals surface area contributed by atoms with Gasteiger partial charge >= 0.3 is 0 Å². The summed E-state index contributed by atoms with van der Waals surface area (Å²) < 4.78 is 11.6. The van der Waals surface area contributed by atoms with Gasteiger partial charge in [-0.2, -0.15) is 15.3 Å². The highest BCUT2D eigenvalue weighted by molar-refractivity contribution is 9.10. The van der Waals surface area contributed by atoms with E-state index in [1.807, 2.05) is 18.2 Å². The van der Waals surface area contributed by atoms with Gasteiger partial charge in [0.05, 0.1) is 17.6 Å². The van der Waals surface area contributed by atoms with E-state index in [4.69, 9.17) is 9.47 Å². The third-order valence-corrected chi connectivity index (χ3v) is 6.20. The average Bonchev–Trinajstić information content (AvgIpc) is 3.45. The van der Waals surface area contributed by atoms with Gasteiger partial charge in [0.2, 0.25) is 6.79 Å². The largest absolute Gasteiger partial charge is 0.507 e. The number of aromatic hydroxyl groups is 1. The molecule has 0 atom stereocenters. The molecule has 0 aromatic heterocycles. The summed E-state index contributed by atoms with van der Waals surface area (Å²) in [4.78, 5) is 25.9. The van der Waals surface area contributed by atoms with E-state index in [1.165, 1.54) is 18.4 Å². The predicted octanol–water partition coefficient (Wildman–Crippen LogP) is 6.22. The minimum Gasteiger partial charge on any atom is -0.507 e. The van der Waals surface area contributed by atoms with Gasteiger partial charge in [-0.3, -0.25) is 9.59 Å². The number of azo groups is 1. The summed E-state index contributed by atoms with van der Waals surface area (Å²) in [7, 11) is 0. The van der Waals surface area contributed by atoms with E-state index in [9.17, 15) is 14.7 Å². The molecule has 0 unspecified atom stereocenters. The number of hydrazone groups is 1. The van der Waals surface area contributed by atoms with Gasteiger partial charge in [-0.25, -0.2) is 5.43 Å². The molecule has 41 heavy (non-hydrogen) atoms. The molecule has 0 saturated heterocycles. The van der Waals surface area contributed by atoms with Crippen LogP contribution in [0.2, 0.25) is 0 Å². The molecule has 0 fully saturated rings. The van der Waals surface area contributed by atoms with Gasteiger partial charge in [-0.05, 0) is 72.3 Å². The predicted molar refractivity (Wildman–Crippen MR) is 157 cm³/mol. The number of nitrogens with zero attached hydrogens (tertiary/aromatic N) is 3. The van der Waals surface area contributed by atoms with Gasteiger partial charge in [-0.1, -0.05) is 46.3 Å². The molecule has 0 spiro atoms. The van der Waals surface area contributed by atoms with Crippen LogP contribution in [0.4, 0.5) is 11.4 Å². The van der Waals surface area contributed by atoms with E-state index in [1.54, 1.807) is 66.7 Å². The second-order valence-corrected chi connectivity index (χ2v) is 9.53. The van der Waals surface area contributed by atoms with Crippen LogP contribution in [0.25, 0.3) is 6.08 Å². The molecule has 11 heteroatoms. The third kappa shape index (κ3) is 7.22. The Morgan fingerprint density at radius 3 is 2.44 bits per heavy atom. The maximum atomic E-state index is 13.1. The summed E-state index contributed by atoms with van der Waals surface area (Å²) in [6, 6.07) is 25.6. The minimum absolute atomic E-state index is 0.0596. The van der Waals surface area contributed by atoms with Crippen molar-refractivity contribution < 1.29 is 24.2 Å². The highest BCUT2D eigenvalue weighted by Gasteiger charge is 2.17. The summed E-state index contributed by atoms with van der Waals surface area (Å²) >= 11 is 3.39. The maximum Gasteiger partial charge on any atom is 0.287 e. The lowest BCUT2D eigenvalue weighted by molar-refractivity contribution is -0.117. The fourth-order valence-electron chi connectivity index (χ4n) is 3.69. The molecule has 1 heterocycles. The molecule has 0 bridgehead atoms. The highest BCUT2D eigenvalue weighted by atomic mass is 79.9. The number of phenolic OH excluding ortho intramolecular Hbond substituents is 1. The highest BCUT2D eigenvalue weighted by Crippen LogP contribution is 2.33. The quantitative estimate of drug-likeness (QED) is 0.0941. The van der Waals surface area contributed by atoms with Gasteiger partial charge < -0.3 is 19.9 Å². The number of hydrogen-bond acceptors (Lipinski definition) is 8. The first-order chi connectivity index (χ1) is 19.9. The van der Waals surface area contributed by atoms with Gasteiger partial charge in [0.1, 0.15) is 11.4 Å². The van der Waals surface area contributed by atoms with Crippen LogP contribution in [0.3, 0.4) is 0 Å². The molecular formula is C30H22BrN5O5. The molecule has 204 valence electrons. The van der Waals surface area contributed by atoms with Crippen molar-refractivity contribution in [3.63, 3.8) is 0 Å². The maximum absolute atomic E-state index is 13.1. The van der Waals surface area contributed by atoms with Crippen molar-refractivity contribution in [1.82, 2.24) is 10.7 Å². The van der Waals surface area contributed by atoms with Gasteiger partial charge in [0.25, 0.3) is 11.8 Å². The lowest BCUT2D eigenvalue weighted by Crippen LogP contribution is -2.32.